The molecule has 5 rings (SSSR count). The molecule has 2 fully saturated rings. The van der Waals surface area contributed by atoms with Gasteiger partial charge in [0.2, 0.25) is 0 Å². The third-order valence-corrected chi connectivity index (χ3v) is 8.01. The van der Waals surface area contributed by atoms with Crippen LogP contribution >= 0.6 is 0 Å². The number of hydrogen-bond acceptors (Lipinski definition) is 4. The van der Waals surface area contributed by atoms with Crippen molar-refractivity contribution in [1.82, 2.24) is 9.80 Å². The van der Waals surface area contributed by atoms with Crippen LogP contribution in [0.1, 0.15) is 52.5 Å². The van der Waals surface area contributed by atoms with Crippen LogP contribution in [0, 0.1) is 6.92 Å². The van der Waals surface area contributed by atoms with Gasteiger partial charge in [-0.3, -0.25) is 9.28 Å². The summed E-state index contributed by atoms with van der Waals surface area (Å²) in [7, 11) is 0. The van der Waals surface area contributed by atoms with Gasteiger partial charge in [0.05, 0.1) is 18.2 Å². The van der Waals surface area contributed by atoms with E-state index in [-0.39, 0.29) is 11.5 Å². The van der Waals surface area contributed by atoms with E-state index in [9.17, 15) is 9.59 Å². The topological polar surface area (TPSA) is 87.7 Å². The Kier molecular flexibility index (Phi) is 7.00. The normalized spacial score (nSPS) is 23.1. The van der Waals surface area contributed by atoms with Gasteiger partial charge >= 0.3 is 5.97 Å². The summed E-state index contributed by atoms with van der Waals surface area (Å²) in [6.07, 6.45) is 3.71. The Morgan fingerprint density at radius 1 is 0.973 bits per heavy atom. The van der Waals surface area contributed by atoms with Crippen molar-refractivity contribution in [3.63, 3.8) is 0 Å². The van der Waals surface area contributed by atoms with Gasteiger partial charge < -0.3 is 20.5 Å². The average Bonchev–Trinajstić information content (AvgIpc) is 3.56. The molecule has 7 heteroatoms. The zero-order chi connectivity index (χ0) is 26.0. The number of amides is 1. The van der Waals surface area contributed by atoms with Crippen LogP contribution in [0.15, 0.2) is 66.7 Å². The summed E-state index contributed by atoms with van der Waals surface area (Å²) in [5.74, 6) is -0.0643. The number of nitrogens with one attached hydrogen (secondary N) is 2. The lowest BCUT2D eigenvalue weighted by Crippen LogP contribution is -2.59. The third kappa shape index (κ3) is 4.97. The number of likely N-dealkylation sites (tertiary alicyclic amines) is 1. The monoisotopic (exact) mass is 500 g/mol. The second kappa shape index (κ2) is 10.4. The number of carboxylic acids is 1. The number of aromatic carboxylic acids is 1. The molecule has 0 bridgehead atoms. The Labute approximate surface area is 217 Å². The van der Waals surface area contributed by atoms with Crippen LogP contribution in [0.25, 0.3) is 0 Å². The molecule has 192 valence electrons. The lowest BCUT2D eigenvalue weighted by molar-refractivity contribution is 0.0696. The molecule has 2 saturated heterocycles. The Balaban J connectivity index is 1.27. The standard InChI is InChI=1S/C30H33N3O4/c1-20-18-24(33(17-3-4-21(33)2)25-15-16-31-19-25)9-14-28(20)32-29(34)22-5-10-26(11-6-22)37-27-12-7-23(8-13-27)30(35)36/h5-14,18,21,25,31H,3-4,15-17,19H2,1-2H3,(H-,32,34,35,36)/p+1. The molecule has 0 aliphatic carbocycles. The highest BCUT2D eigenvalue weighted by atomic mass is 16.5. The molecule has 7 nitrogen and oxygen atoms in total. The van der Waals surface area contributed by atoms with Crippen molar-refractivity contribution in [3.05, 3.63) is 83.4 Å². The number of carbonyl (C=O) groups excluding carboxylic acids is 1. The first-order valence-corrected chi connectivity index (χ1v) is 13.0. The summed E-state index contributed by atoms with van der Waals surface area (Å²) in [6.45, 7) is 7.78. The smallest absolute Gasteiger partial charge is 0.335 e. The summed E-state index contributed by atoms with van der Waals surface area (Å²) in [6, 6.07) is 20.8. The van der Waals surface area contributed by atoms with E-state index >= 15 is 0 Å². The number of carbonyl (C=O) groups is 2. The van der Waals surface area contributed by atoms with Gasteiger partial charge in [-0.15, -0.1) is 0 Å². The maximum Gasteiger partial charge on any atom is 0.335 e. The van der Waals surface area contributed by atoms with Gasteiger partial charge in [0.25, 0.3) is 5.91 Å². The molecule has 3 aromatic carbocycles. The van der Waals surface area contributed by atoms with Crippen LogP contribution in [0.3, 0.4) is 0 Å². The molecule has 0 radical (unpaired) electrons. The highest BCUT2D eigenvalue weighted by Gasteiger charge is 2.48. The Morgan fingerprint density at radius 2 is 1.65 bits per heavy atom. The SMILES string of the molecule is Cc1cc([N+]2(C3CCNC3)CCCC2C)ccc1NC(=O)c1ccc(Oc2ccc(C(=O)O)cc2)cc1. The summed E-state index contributed by atoms with van der Waals surface area (Å²) < 4.78 is 6.82. The van der Waals surface area contributed by atoms with Gasteiger partial charge in [0.15, 0.2) is 0 Å². The van der Waals surface area contributed by atoms with E-state index in [1.165, 1.54) is 43.6 Å². The minimum Gasteiger partial charge on any atom is -0.478 e. The molecule has 1 amide bonds. The van der Waals surface area contributed by atoms with Crippen LogP contribution in [-0.4, -0.2) is 48.7 Å². The van der Waals surface area contributed by atoms with E-state index in [0.29, 0.717) is 29.1 Å². The van der Waals surface area contributed by atoms with E-state index in [0.717, 1.165) is 28.8 Å². The number of anilines is 1. The molecular weight excluding hydrogens is 466 g/mol. The van der Waals surface area contributed by atoms with Gasteiger partial charge in [0.1, 0.15) is 23.2 Å². The van der Waals surface area contributed by atoms with Gasteiger partial charge in [-0.05, 0) is 74.0 Å². The van der Waals surface area contributed by atoms with Gasteiger partial charge in [-0.1, -0.05) is 0 Å². The number of carboxylic acid groups (broad SMARTS) is 1. The Morgan fingerprint density at radius 3 is 2.19 bits per heavy atom. The molecular formula is C30H34N3O4+. The Hall–Kier alpha value is -3.68. The number of benzene rings is 3. The second-order valence-corrected chi connectivity index (χ2v) is 10.2. The first-order valence-electron chi connectivity index (χ1n) is 13.0. The maximum atomic E-state index is 13.0. The molecule has 37 heavy (non-hydrogen) atoms. The van der Waals surface area contributed by atoms with Crippen molar-refractivity contribution < 1.29 is 19.4 Å². The van der Waals surface area contributed by atoms with Crippen molar-refractivity contribution in [1.29, 1.82) is 0 Å². The van der Waals surface area contributed by atoms with E-state index in [2.05, 4.69) is 36.6 Å². The molecule has 0 saturated carbocycles. The Bertz CT molecular complexity index is 1280. The van der Waals surface area contributed by atoms with Gasteiger partial charge in [0, 0.05) is 55.7 Å². The van der Waals surface area contributed by atoms with E-state index in [4.69, 9.17) is 9.84 Å². The molecule has 2 aliphatic heterocycles. The van der Waals surface area contributed by atoms with Crippen molar-refractivity contribution in [3.8, 4) is 11.5 Å². The van der Waals surface area contributed by atoms with Crippen LogP contribution in [0.5, 0.6) is 11.5 Å². The van der Waals surface area contributed by atoms with Crippen molar-refractivity contribution >= 4 is 23.3 Å². The number of nitrogens with zero attached hydrogens (tertiary/aromatic N) is 1. The molecule has 0 spiro atoms. The van der Waals surface area contributed by atoms with Crippen LogP contribution < -0.4 is 19.9 Å². The van der Waals surface area contributed by atoms with E-state index in [1.807, 2.05) is 6.07 Å². The predicted molar refractivity (Wildman–Crippen MR) is 146 cm³/mol. The lowest BCUT2D eigenvalue weighted by atomic mass is 10.0. The fourth-order valence-electron chi connectivity index (χ4n) is 5.99. The fraction of sp³-hybridized carbons (Fsp3) is 0.333. The molecule has 3 unspecified atom stereocenters. The lowest BCUT2D eigenvalue weighted by Gasteiger charge is -2.43. The summed E-state index contributed by atoms with van der Waals surface area (Å²) in [5, 5.41) is 15.6. The highest BCUT2D eigenvalue weighted by molar-refractivity contribution is 6.04. The number of rotatable bonds is 7. The number of hydrogen-bond donors (Lipinski definition) is 3. The molecule has 2 heterocycles. The van der Waals surface area contributed by atoms with E-state index < -0.39 is 5.97 Å². The fourth-order valence-corrected chi connectivity index (χ4v) is 5.99. The van der Waals surface area contributed by atoms with Crippen LogP contribution in [0.4, 0.5) is 11.4 Å². The minimum absolute atomic E-state index is 0.174. The van der Waals surface area contributed by atoms with Crippen molar-refractivity contribution in [2.45, 2.75) is 45.2 Å². The molecule has 3 aromatic rings. The quantitative estimate of drug-likeness (QED) is 0.368. The molecule has 0 aromatic heterocycles. The van der Waals surface area contributed by atoms with Crippen molar-refractivity contribution in [2.24, 2.45) is 0 Å². The van der Waals surface area contributed by atoms with Crippen LogP contribution in [-0.2, 0) is 0 Å². The summed E-state index contributed by atoms with van der Waals surface area (Å²) in [5.41, 5.74) is 3.98. The average molecular weight is 501 g/mol. The van der Waals surface area contributed by atoms with Gasteiger partial charge in [-0.25, -0.2) is 4.79 Å². The van der Waals surface area contributed by atoms with Crippen LogP contribution in [0.2, 0.25) is 0 Å². The number of aryl methyl sites for hydroxylation is 1. The first kappa shape index (κ1) is 25.0. The highest BCUT2D eigenvalue weighted by Crippen LogP contribution is 2.40. The molecule has 3 N–H and O–H groups in total. The molecule has 3 atom stereocenters. The molecule has 2 aliphatic rings. The summed E-state index contributed by atoms with van der Waals surface area (Å²) >= 11 is 0. The third-order valence-electron chi connectivity index (χ3n) is 8.01. The zero-order valence-electron chi connectivity index (χ0n) is 21.4. The summed E-state index contributed by atoms with van der Waals surface area (Å²) in [4.78, 5) is 24.0. The number of ether oxygens (including phenoxy) is 1. The van der Waals surface area contributed by atoms with Gasteiger partial charge in [-0.2, -0.15) is 0 Å². The number of quaternary nitrogens is 1. The largest absolute Gasteiger partial charge is 0.478 e. The minimum atomic E-state index is -0.982. The second-order valence-electron chi connectivity index (χ2n) is 10.2. The first-order chi connectivity index (χ1) is 17.9. The van der Waals surface area contributed by atoms with E-state index in [1.54, 1.807) is 36.4 Å². The predicted octanol–water partition coefficient (Wildman–Crippen LogP) is 5.59. The van der Waals surface area contributed by atoms with Crippen molar-refractivity contribution in [2.75, 3.05) is 25.0 Å². The zero-order valence-corrected chi connectivity index (χ0v) is 21.4. The maximum absolute atomic E-state index is 13.0.